The second-order valence-electron chi connectivity index (χ2n) is 6.70. The van der Waals surface area contributed by atoms with Gasteiger partial charge in [-0.2, -0.15) is 0 Å². The minimum Gasteiger partial charge on any atom is -0.491 e. The van der Waals surface area contributed by atoms with Crippen molar-refractivity contribution in [3.63, 3.8) is 0 Å². The van der Waals surface area contributed by atoms with Crippen molar-refractivity contribution in [2.75, 3.05) is 26.3 Å². The fourth-order valence-corrected chi connectivity index (χ4v) is 4.58. The molecular formula is C20H26N2O4S. The maximum atomic E-state index is 12.4. The molecule has 1 saturated heterocycles. The number of nitrogens with zero attached hydrogens (tertiary/aromatic N) is 1. The number of aliphatic hydroxyl groups excluding tert-OH is 1. The van der Waals surface area contributed by atoms with Gasteiger partial charge in [0.05, 0.1) is 11.5 Å². The molecule has 0 bridgehead atoms. The van der Waals surface area contributed by atoms with Crippen LogP contribution in [0.2, 0.25) is 0 Å². The number of sulfonamides is 1. The zero-order chi connectivity index (χ0) is 19.1. The molecule has 0 aliphatic carbocycles. The standard InChI is InChI=1S/C20H26N2O4S/c23-13-14-26-19-6-4-5-17(15-19)16-22-11-9-18(10-12-22)21-27(24,25)20-7-2-1-3-8-20/h1-8,15,18,21,23H,9-14,16H2. The van der Waals surface area contributed by atoms with Gasteiger partial charge in [0.15, 0.2) is 0 Å². The molecule has 1 aliphatic rings. The van der Waals surface area contributed by atoms with Crippen LogP contribution in [0, 0.1) is 0 Å². The minimum atomic E-state index is -3.46. The number of nitrogens with one attached hydrogen (secondary N) is 1. The topological polar surface area (TPSA) is 78.9 Å². The Morgan fingerprint density at radius 2 is 1.81 bits per heavy atom. The molecule has 7 heteroatoms. The SMILES string of the molecule is O=S(=O)(NC1CCN(Cc2cccc(OCCO)c2)CC1)c1ccccc1. The lowest BCUT2D eigenvalue weighted by atomic mass is 10.1. The number of hydrogen-bond donors (Lipinski definition) is 2. The van der Waals surface area contributed by atoms with Gasteiger partial charge in [-0.25, -0.2) is 13.1 Å². The van der Waals surface area contributed by atoms with Crippen LogP contribution in [0.3, 0.4) is 0 Å². The number of ether oxygens (including phenoxy) is 1. The van der Waals surface area contributed by atoms with Crippen molar-refractivity contribution < 1.29 is 18.3 Å². The molecule has 0 aromatic heterocycles. The predicted octanol–water partition coefficient (Wildman–Crippen LogP) is 2.00. The van der Waals surface area contributed by atoms with E-state index < -0.39 is 10.0 Å². The second-order valence-corrected chi connectivity index (χ2v) is 8.42. The summed E-state index contributed by atoms with van der Waals surface area (Å²) in [7, 11) is -3.46. The van der Waals surface area contributed by atoms with E-state index in [1.54, 1.807) is 30.3 Å². The molecule has 146 valence electrons. The Morgan fingerprint density at radius 1 is 1.07 bits per heavy atom. The summed E-state index contributed by atoms with van der Waals surface area (Å²) in [6.07, 6.45) is 1.57. The van der Waals surface area contributed by atoms with E-state index >= 15 is 0 Å². The molecule has 1 fully saturated rings. The summed E-state index contributed by atoms with van der Waals surface area (Å²) in [4.78, 5) is 2.63. The molecule has 0 radical (unpaired) electrons. The Kier molecular flexibility index (Phi) is 6.84. The normalized spacial score (nSPS) is 16.3. The smallest absolute Gasteiger partial charge is 0.240 e. The van der Waals surface area contributed by atoms with Gasteiger partial charge < -0.3 is 9.84 Å². The van der Waals surface area contributed by atoms with Gasteiger partial charge in [0, 0.05) is 25.7 Å². The first-order chi connectivity index (χ1) is 13.1. The van der Waals surface area contributed by atoms with Crippen molar-refractivity contribution in [1.82, 2.24) is 9.62 Å². The number of likely N-dealkylation sites (tertiary alicyclic amines) is 1. The Bertz CT molecular complexity index is 819. The summed E-state index contributed by atoms with van der Waals surface area (Å²) in [6, 6.07) is 16.3. The Balaban J connectivity index is 1.51. The maximum absolute atomic E-state index is 12.4. The number of hydrogen-bond acceptors (Lipinski definition) is 5. The molecular weight excluding hydrogens is 364 g/mol. The van der Waals surface area contributed by atoms with E-state index in [9.17, 15) is 8.42 Å². The van der Waals surface area contributed by atoms with Gasteiger partial charge in [-0.3, -0.25) is 4.90 Å². The summed E-state index contributed by atoms with van der Waals surface area (Å²) in [5.74, 6) is 0.757. The maximum Gasteiger partial charge on any atom is 0.240 e. The van der Waals surface area contributed by atoms with Gasteiger partial charge in [-0.05, 0) is 42.7 Å². The summed E-state index contributed by atoms with van der Waals surface area (Å²) in [6.45, 7) is 2.76. The highest BCUT2D eigenvalue weighted by molar-refractivity contribution is 7.89. The Morgan fingerprint density at radius 3 is 2.52 bits per heavy atom. The monoisotopic (exact) mass is 390 g/mol. The van der Waals surface area contributed by atoms with Gasteiger partial charge >= 0.3 is 0 Å². The number of piperidine rings is 1. The van der Waals surface area contributed by atoms with Crippen molar-refractivity contribution in [2.45, 2.75) is 30.3 Å². The lowest BCUT2D eigenvalue weighted by Crippen LogP contribution is -2.44. The van der Waals surface area contributed by atoms with Crippen molar-refractivity contribution >= 4 is 10.0 Å². The third-order valence-electron chi connectivity index (χ3n) is 4.63. The third kappa shape index (κ3) is 5.77. The van der Waals surface area contributed by atoms with E-state index in [2.05, 4.69) is 15.7 Å². The van der Waals surface area contributed by atoms with Crippen LogP contribution in [-0.2, 0) is 16.6 Å². The van der Waals surface area contributed by atoms with E-state index in [0.717, 1.165) is 43.8 Å². The van der Waals surface area contributed by atoms with E-state index in [4.69, 9.17) is 9.84 Å². The van der Waals surface area contributed by atoms with Crippen LogP contribution in [0.4, 0.5) is 0 Å². The van der Waals surface area contributed by atoms with E-state index in [1.807, 2.05) is 18.2 Å². The average Bonchev–Trinajstić information content (AvgIpc) is 2.69. The first kappa shape index (κ1) is 19.8. The quantitative estimate of drug-likeness (QED) is 0.721. The molecule has 2 aromatic carbocycles. The van der Waals surface area contributed by atoms with Gasteiger partial charge in [0.25, 0.3) is 0 Å². The molecule has 2 N–H and O–H groups in total. The lowest BCUT2D eigenvalue weighted by molar-refractivity contribution is 0.196. The lowest BCUT2D eigenvalue weighted by Gasteiger charge is -2.32. The molecule has 0 amide bonds. The summed E-state index contributed by atoms with van der Waals surface area (Å²) in [5, 5.41) is 8.85. The van der Waals surface area contributed by atoms with Gasteiger partial charge in [0.2, 0.25) is 10.0 Å². The number of aliphatic hydroxyl groups is 1. The van der Waals surface area contributed by atoms with Crippen LogP contribution in [0.25, 0.3) is 0 Å². The molecule has 0 saturated carbocycles. The zero-order valence-electron chi connectivity index (χ0n) is 15.3. The fourth-order valence-electron chi connectivity index (χ4n) is 3.25. The van der Waals surface area contributed by atoms with Crippen molar-refractivity contribution in [2.24, 2.45) is 0 Å². The summed E-state index contributed by atoms with van der Waals surface area (Å²) in [5.41, 5.74) is 1.15. The Hall–Kier alpha value is -1.93. The summed E-state index contributed by atoms with van der Waals surface area (Å²) < 4.78 is 33.2. The van der Waals surface area contributed by atoms with E-state index in [1.165, 1.54) is 0 Å². The number of benzene rings is 2. The van der Waals surface area contributed by atoms with E-state index in [-0.39, 0.29) is 19.3 Å². The molecule has 27 heavy (non-hydrogen) atoms. The molecule has 3 rings (SSSR count). The zero-order valence-corrected chi connectivity index (χ0v) is 16.1. The molecule has 0 spiro atoms. The van der Waals surface area contributed by atoms with Crippen molar-refractivity contribution in [3.05, 3.63) is 60.2 Å². The van der Waals surface area contributed by atoms with Crippen LogP contribution in [0.5, 0.6) is 5.75 Å². The van der Waals surface area contributed by atoms with Gasteiger partial charge in [0.1, 0.15) is 12.4 Å². The predicted molar refractivity (Wildman–Crippen MR) is 104 cm³/mol. The van der Waals surface area contributed by atoms with Crippen molar-refractivity contribution in [1.29, 1.82) is 0 Å². The fraction of sp³-hybridized carbons (Fsp3) is 0.400. The molecule has 0 atom stereocenters. The molecule has 0 unspecified atom stereocenters. The minimum absolute atomic E-state index is 0.00334. The van der Waals surface area contributed by atoms with Gasteiger partial charge in [-0.15, -0.1) is 0 Å². The van der Waals surface area contributed by atoms with Crippen LogP contribution in [0.1, 0.15) is 18.4 Å². The average molecular weight is 391 g/mol. The third-order valence-corrected chi connectivity index (χ3v) is 6.16. The van der Waals surface area contributed by atoms with Gasteiger partial charge in [-0.1, -0.05) is 30.3 Å². The van der Waals surface area contributed by atoms with Crippen LogP contribution < -0.4 is 9.46 Å². The van der Waals surface area contributed by atoms with Crippen LogP contribution in [0.15, 0.2) is 59.5 Å². The first-order valence-corrected chi connectivity index (χ1v) is 10.7. The highest BCUT2D eigenvalue weighted by Gasteiger charge is 2.24. The molecule has 6 nitrogen and oxygen atoms in total. The second kappa shape index (κ2) is 9.32. The highest BCUT2D eigenvalue weighted by Crippen LogP contribution is 2.19. The van der Waals surface area contributed by atoms with Crippen LogP contribution in [-0.4, -0.2) is 50.8 Å². The van der Waals surface area contributed by atoms with E-state index in [0.29, 0.717) is 4.90 Å². The first-order valence-electron chi connectivity index (χ1n) is 9.19. The highest BCUT2D eigenvalue weighted by atomic mass is 32.2. The summed E-state index contributed by atoms with van der Waals surface area (Å²) >= 11 is 0. The Labute approximate surface area is 160 Å². The molecule has 1 aliphatic heterocycles. The largest absolute Gasteiger partial charge is 0.491 e. The molecule has 2 aromatic rings. The number of rotatable bonds is 8. The van der Waals surface area contributed by atoms with Crippen LogP contribution >= 0.6 is 0 Å². The molecule has 1 heterocycles. The van der Waals surface area contributed by atoms with Crippen molar-refractivity contribution in [3.8, 4) is 5.75 Å².